The molecule has 0 nitrogen and oxygen atoms in total. The Balaban J connectivity index is 1.93. The number of rotatable bonds is 0. The molecule has 2 heteroatoms. The first kappa shape index (κ1) is 11.9. The lowest BCUT2D eigenvalue weighted by Gasteiger charge is -2.37. The summed E-state index contributed by atoms with van der Waals surface area (Å²) in [5.74, 6) is 0.609. The number of fused-ring (bicyclic) bond motifs is 6. The van der Waals surface area contributed by atoms with Crippen LogP contribution in [0.2, 0.25) is 0 Å². The van der Waals surface area contributed by atoms with Crippen molar-refractivity contribution in [2.45, 2.75) is 40.6 Å². The van der Waals surface area contributed by atoms with Crippen molar-refractivity contribution < 1.29 is 0 Å². The van der Waals surface area contributed by atoms with Crippen molar-refractivity contribution in [2.24, 2.45) is 0 Å². The molecular weight excluding hydrogens is 268 g/mol. The fourth-order valence-electron chi connectivity index (χ4n) is 3.11. The molecule has 2 aliphatic heterocycles. The highest BCUT2D eigenvalue weighted by Gasteiger charge is 2.35. The summed E-state index contributed by atoms with van der Waals surface area (Å²) in [5, 5.41) is 0. The van der Waals surface area contributed by atoms with Gasteiger partial charge in [0.25, 0.3) is 0 Å². The Morgan fingerprint density at radius 1 is 0.842 bits per heavy atom. The fraction of sp³-hybridized carbons (Fsp3) is 0.294. The third-order valence-electron chi connectivity index (χ3n) is 4.03. The van der Waals surface area contributed by atoms with E-state index in [1.807, 2.05) is 0 Å². The van der Waals surface area contributed by atoms with Crippen molar-refractivity contribution >= 4 is 23.5 Å². The topological polar surface area (TPSA) is 0 Å². The van der Waals surface area contributed by atoms with Crippen LogP contribution in [0.5, 0.6) is 0 Å². The minimum atomic E-state index is 0.609. The Kier molecular flexibility index (Phi) is 2.71. The molecule has 2 bridgehead atoms. The number of hydrogen-bond acceptors (Lipinski definition) is 2. The van der Waals surface area contributed by atoms with Gasteiger partial charge < -0.3 is 0 Å². The molecule has 0 fully saturated rings. The van der Waals surface area contributed by atoms with Crippen molar-refractivity contribution in [2.75, 3.05) is 0 Å². The second kappa shape index (κ2) is 4.32. The molecule has 2 aromatic rings. The van der Waals surface area contributed by atoms with Gasteiger partial charge >= 0.3 is 0 Å². The number of hydrogen-bond donors (Lipinski definition) is 0. The molecule has 19 heavy (non-hydrogen) atoms. The molecule has 4 rings (SSSR count). The maximum atomic E-state index is 2.39. The van der Waals surface area contributed by atoms with Crippen LogP contribution >= 0.6 is 23.5 Å². The normalized spacial score (nSPS) is 23.7. The zero-order valence-electron chi connectivity index (χ0n) is 11.1. The molecule has 0 atom stereocenters. The van der Waals surface area contributed by atoms with Gasteiger partial charge in [-0.15, -0.1) is 23.5 Å². The first-order valence-electron chi connectivity index (χ1n) is 6.75. The largest absolute Gasteiger partial charge is 0.111 e. The van der Waals surface area contributed by atoms with E-state index in [9.17, 15) is 0 Å². The van der Waals surface area contributed by atoms with Crippen molar-refractivity contribution in [1.29, 1.82) is 0 Å². The molecule has 0 amide bonds. The van der Waals surface area contributed by atoms with Gasteiger partial charge in [-0.25, -0.2) is 0 Å². The molecule has 0 unspecified atom stereocenters. The van der Waals surface area contributed by atoms with Gasteiger partial charge in [0, 0.05) is 15.7 Å². The van der Waals surface area contributed by atoms with Gasteiger partial charge in [0.15, 0.2) is 0 Å². The van der Waals surface area contributed by atoms with Crippen LogP contribution in [0.4, 0.5) is 0 Å². The average Bonchev–Trinajstić information content (AvgIpc) is 2.40. The highest BCUT2D eigenvalue weighted by Crippen LogP contribution is 2.56. The second-order valence-corrected chi connectivity index (χ2v) is 8.32. The predicted molar refractivity (Wildman–Crippen MR) is 84.3 cm³/mol. The van der Waals surface area contributed by atoms with Crippen LogP contribution in [0.25, 0.3) is 0 Å². The zero-order valence-corrected chi connectivity index (χ0v) is 12.8. The van der Waals surface area contributed by atoms with E-state index in [1.165, 1.54) is 27.3 Å². The SMILES string of the molecule is Cc1ccc2c(c1)C1CC(S2)Sc2ccc(C)cc21. The lowest BCUT2D eigenvalue weighted by Crippen LogP contribution is -2.20. The van der Waals surface area contributed by atoms with Gasteiger partial charge in [-0.3, -0.25) is 0 Å². The van der Waals surface area contributed by atoms with Crippen molar-refractivity contribution in [1.82, 2.24) is 0 Å². The molecule has 0 saturated carbocycles. The molecule has 0 saturated heterocycles. The highest BCUT2D eigenvalue weighted by molar-refractivity contribution is 8.17. The number of thioether (sulfide) groups is 2. The van der Waals surface area contributed by atoms with Crippen molar-refractivity contribution in [3.63, 3.8) is 0 Å². The molecule has 2 heterocycles. The molecule has 2 aromatic carbocycles. The summed E-state index contributed by atoms with van der Waals surface area (Å²) in [6.07, 6.45) is 1.28. The average molecular weight is 284 g/mol. The summed E-state index contributed by atoms with van der Waals surface area (Å²) < 4.78 is 0.690. The van der Waals surface area contributed by atoms with E-state index in [0.29, 0.717) is 10.5 Å². The minimum absolute atomic E-state index is 0.609. The van der Waals surface area contributed by atoms with E-state index in [1.54, 1.807) is 11.1 Å². The Morgan fingerprint density at radius 2 is 1.37 bits per heavy atom. The quantitative estimate of drug-likeness (QED) is 0.638. The highest BCUT2D eigenvalue weighted by atomic mass is 32.2. The van der Waals surface area contributed by atoms with E-state index < -0.39 is 0 Å². The van der Waals surface area contributed by atoms with E-state index in [-0.39, 0.29) is 0 Å². The Bertz CT molecular complexity index is 605. The zero-order chi connectivity index (χ0) is 13.0. The third kappa shape index (κ3) is 1.93. The van der Waals surface area contributed by atoms with Crippen molar-refractivity contribution in [3.05, 3.63) is 58.7 Å². The minimum Gasteiger partial charge on any atom is -0.111 e. The summed E-state index contributed by atoms with van der Waals surface area (Å²) in [6, 6.07) is 13.9. The summed E-state index contributed by atoms with van der Waals surface area (Å²) in [6.45, 7) is 4.40. The molecule has 0 N–H and O–H groups in total. The van der Waals surface area contributed by atoms with Gasteiger partial charge in [0.05, 0.1) is 4.58 Å². The third-order valence-corrected chi connectivity index (χ3v) is 6.77. The lowest BCUT2D eigenvalue weighted by atomic mass is 9.87. The van der Waals surface area contributed by atoms with Gasteiger partial charge in [-0.2, -0.15) is 0 Å². The first-order valence-corrected chi connectivity index (χ1v) is 8.51. The number of aryl methyl sites for hydroxylation is 2. The van der Waals surface area contributed by atoms with Crippen molar-refractivity contribution in [3.8, 4) is 0 Å². The molecule has 96 valence electrons. The monoisotopic (exact) mass is 284 g/mol. The van der Waals surface area contributed by atoms with Crippen LogP contribution in [0, 0.1) is 13.8 Å². The van der Waals surface area contributed by atoms with E-state index in [2.05, 4.69) is 73.8 Å². The second-order valence-electron chi connectivity index (χ2n) is 5.54. The molecule has 0 radical (unpaired) electrons. The van der Waals surface area contributed by atoms with E-state index in [0.717, 1.165) is 0 Å². The molecular formula is C17H16S2. The number of benzene rings is 2. The lowest BCUT2D eigenvalue weighted by molar-refractivity contribution is 0.708. The molecule has 2 aliphatic rings. The predicted octanol–water partition coefficient (Wildman–Crippen LogP) is 5.36. The van der Waals surface area contributed by atoms with Crippen LogP contribution in [0.3, 0.4) is 0 Å². The Morgan fingerprint density at radius 3 is 1.89 bits per heavy atom. The van der Waals surface area contributed by atoms with Crippen LogP contribution in [-0.4, -0.2) is 4.58 Å². The van der Waals surface area contributed by atoms with Gasteiger partial charge in [0.2, 0.25) is 0 Å². The van der Waals surface area contributed by atoms with E-state index in [4.69, 9.17) is 0 Å². The summed E-state index contributed by atoms with van der Waals surface area (Å²) in [5.41, 5.74) is 5.86. The van der Waals surface area contributed by atoms with Crippen LogP contribution in [0.15, 0.2) is 46.2 Å². The molecule has 0 spiro atoms. The maximum Gasteiger partial charge on any atom is 0.0606 e. The van der Waals surface area contributed by atoms with Gasteiger partial charge in [-0.1, -0.05) is 35.4 Å². The van der Waals surface area contributed by atoms with Crippen LogP contribution in [0.1, 0.15) is 34.6 Å². The Labute approximate surface area is 123 Å². The first-order chi connectivity index (χ1) is 9.20. The standard InChI is InChI=1S/C17H16S2/c1-10-3-5-15-13(7-10)12-9-17(18-15)19-16-6-4-11(2)8-14(12)16/h3-8,12,17H,9H2,1-2H3. The van der Waals surface area contributed by atoms with E-state index >= 15 is 0 Å². The summed E-state index contributed by atoms with van der Waals surface area (Å²) in [4.78, 5) is 2.98. The molecule has 0 aliphatic carbocycles. The summed E-state index contributed by atoms with van der Waals surface area (Å²) >= 11 is 4.10. The Hall–Kier alpha value is -0.860. The smallest absolute Gasteiger partial charge is 0.0606 e. The molecule has 0 aromatic heterocycles. The van der Waals surface area contributed by atoms with Gasteiger partial charge in [-0.05, 0) is 43.5 Å². The van der Waals surface area contributed by atoms with Gasteiger partial charge in [0.1, 0.15) is 0 Å². The van der Waals surface area contributed by atoms with Crippen LogP contribution < -0.4 is 0 Å². The fourth-order valence-corrected chi connectivity index (χ4v) is 6.04. The van der Waals surface area contributed by atoms with Crippen LogP contribution in [-0.2, 0) is 0 Å². The maximum absolute atomic E-state index is 2.39. The summed E-state index contributed by atoms with van der Waals surface area (Å²) in [7, 11) is 0.